The second-order valence-corrected chi connectivity index (χ2v) is 24.1. The molecule has 73 heavy (non-hydrogen) atoms. The van der Waals surface area contributed by atoms with E-state index in [1.165, 1.54) is 0 Å². The summed E-state index contributed by atoms with van der Waals surface area (Å²) in [5.74, 6) is 2.56. The summed E-state index contributed by atoms with van der Waals surface area (Å²) in [4.78, 5) is 47.8. The first-order valence-corrected chi connectivity index (χ1v) is 28.4. The van der Waals surface area contributed by atoms with E-state index >= 15 is 0 Å². The Kier molecular flexibility index (Phi) is 13.6. The van der Waals surface area contributed by atoms with Gasteiger partial charge in [0.15, 0.2) is 0 Å². The van der Waals surface area contributed by atoms with Gasteiger partial charge in [-0.3, -0.25) is 19.3 Å². The van der Waals surface area contributed by atoms with Crippen LogP contribution in [0, 0.1) is 27.7 Å². The van der Waals surface area contributed by atoms with Crippen molar-refractivity contribution in [2.24, 2.45) is 0 Å². The number of imidazole rings is 1. The second kappa shape index (κ2) is 20.1. The SMILES string of the molecule is Cc1noc(C)c1-c1ccc(NC2CCS(=O)(=O)CC2)c(NC(=O)C2CCC(=O)N2c2ccccc2)c1.Cc1noc(C)c1-c1ccc2c(c1)nc(C1CCC(=O)N1c1ccccc1)n2C1CCS(=O)(=O)CC1. The van der Waals surface area contributed by atoms with Crippen LogP contribution in [0.2, 0.25) is 0 Å². The molecule has 19 heteroatoms. The normalized spacial score (nSPS) is 20.1. The fourth-order valence-electron chi connectivity index (χ4n) is 10.9. The summed E-state index contributed by atoms with van der Waals surface area (Å²) >= 11 is 0. The lowest BCUT2D eigenvalue weighted by atomic mass is 10.0. The van der Waals surface area contributed by atoms with Crippen molar-refractivity contribution in [3.05, 3.63) is 126 Å². The maximum atomic E-state index is 13.6. The summed E-state index contributed by atoms with van der Waals surface area (Å²) in [6, 6.07) is 29.9. The van der Waals surface area contributed by atoms with Crippen LogP contribution < -0.4 is 20.4 Å². The van der Waals surface area contributed by atoms with Crippen molar-refractivity contribution in [2.75, 3.05) is 43.4 Å². The number of aryl methyl sites for hydroxylation is 4. The van der Waals surface area contributed by atoms with E-state index in [2.05, 4.69) is 31.6 Å². The molecular weight excluding hydrogens is 969 g/mol. The first-order chi connectivity index (χ1) is 35.0. The Bertz CT molecular complexity index is 3400. The molecule has 4 aliphatic rings. The van der Waals surface area contributed by atoms with Gasteiger partial charge in [-0.05, 0) is 126 Å². The van der Waals surface area contributed by atoms with Gasteiger partial charge in [0.2, 0.25) is 17.7 Å². The number of rotatable bonds is 10. The van der Waals surface area contributed by atoms with Crippen molar-refractivity contribution < 1.29 is 40.3 Å². The lowest BCUT2D eigenvalue weighted by Gasteiger charge is -2.30. The number of aromatic nitrogens is 4. The minimum Gasteiger partial charge on any atom is -0.381 e. The highest BCUT2D eigenvalue weighted by Gasteiger charge is 2.40. The molecule has 0 radical (unpaired) electrons. The number of fused-ring (bicyclic) bond motifs is 1. The number of anilines is 4. The molecule has 2 atom stereocenters. The Morgan fingerprint density at radius 2 is 1.15 bits per heavy atom. The van der Waals surface area contributed by atoms with Gasteiger partial charge in [-0.2, -0.15) is 0 Å². The van der Waals surface area contributed by atoms with Gasteiger partial charge < -0.3 is 29.1 Å². The minimum atomic E-state index is -3.02. The molecule has 4 aromatic carbocycles. The molecule has 0 saturated carbocycles. The summed E-state index contributed by atoms with van der Waals surface area (Å²) in [5.41, 5.74) is 9.76. The van der Waals surface area contributed by atoms with Crippen molar-refractivity contribution in [1.29, 1.82) is 0 Å². The first kappa shape index (κ1) is 49.5. The number of amides is 3. The van der Waals surface area contributed by atoms with Gasteiger partial charge in [-0.15, -0.1) is 0 Å². The maximum absolute atomic E-state index is 13.6. The van der Waals surface area contributed by atoms with E-state index in [1.807, 2.05) is 124 Å². The van der Waals surface area contributed by atoms with E-state index in [0.29, 0.717) is 74.2 Å². The van der Waals surface area contributed by atoms with E-state index in [0.717, 1.165) is 61.9 Å². The van der Waals surface area contributed by atoms with E-state index in [4.69, 9.17) is 14.0 Å². The molecule has 3 aromatic heterocycles. The molecule has 2 N–H and O–H groups in total. The first-order valence-electron chi connectivity index (χ1n) is 24.8. The number of sulfone groups is 2. The van der Waals surface area contributed by atoms with E-state index in [-0.39, 0.29) is 58.9 Å². The van der Waals surface area contributed by atoms with Crippen LogP contribution in [0.15, 0.2) is 106 Å². The van der Waals surface area contributed by atoms with E-state index in [9.17, 15) is 31.2 Å². The fourth-order valence-corrected chi connectivity index (χ4v) is 13.9. The summed E-state index contributed by atoms with van der Waals surface area (Å²) in [6.07, 6.45) is 3.92. The summed E-state index contributed by atoms with van der Waals surface area (Å²) in [5, 5.41) is 14.6. The van der Waals surface area contributed by atoms with Gasteiger partial charge in [0.1, 0.15) is 43.1 Å². The molecule has 7 aromatic rings. The predicted molar refractivity (Wildman–Crippen MR) is 280 cm³/mol. The second-order valence-electron chi connectivity index (χ2n) is 19.5. The highest BCUT2D eigenvalue weighted by molar-refractivity contribution is 7.91. The number of nitrogens with zero attached hydrogens (tertiary/aromatic N) is 6. The van der Waals surface area contributed by atoms with Gasteiger partial charge in [-0.1, -0.05) is 58.8 Å². The minimum absolute atomic E-state index is 0.00626. The highest BCUT2D eigenvalue weighted by Crippen LogP contribution is 2.42. The Morgan fingerprint density at radius 3 is 1.74 bits per heavy atom. The van der Waals surface area contributed by atoms with Gasteiger partial charge in [-0.25, -0.2) is 21.8 Å². The monoisotopic (exact) mass is 1030 g/mol. The molecule has 0 bridgehead atoms. The number of nitrogens with one attached hydrogen (secondary N) is 2. The van der Waals surface area contributed by atoms with Crippen LogP contribution in [0.25, 0.3) is 33.3 Å². The van der Waals surface area contributed by atoms with Gasteiger partial charge in [0.25, 0.3) is 0 Å². The maximum Gasteiger partial charge on any atom is 0.247 e. The van der Waals surface area contributed by atoms with Gasteiger partial charge in [0, 0.05) is 47.4 Å². The van der Waals surface area contributed by atoms with Crippen molar-refractivity contribution >= 4 is 71.2 Å². The number of carbonyl (C=O) groups excluding carboxylic acids is 3. The highest BCUT2D eigenvalue weighted by atomic mass is 32.2. The third-order valence-electron chi connectivity index (χ3n) is 14.5. The van der Waals surface area contributed by atoms with Crippen LogP contribution in [0.3, 0.4) is 0 Å². The third kappa shape index (κ3) is 10.2. The number of hydrogen-bond acceptors (Lipinski definition) is 13. The zero-order valence-corrected chi connectivity index (χ0v) is 42.8. The van der Waals surface area contributed by atoms with Crippen molar-refractivity contribution in [2.45, 2.75) is 103 Å². The average molecular weight is 1030 g/mol. The predicted octanol–water partition coefficient (Wildman–Crippen LogP) is 9.01. The zero-order chi connectivity index (χ0) is 51.2. The molecule has 4 aliphatic heterocycles. The van der Waals surface area contributed by atoms with Gasteiger partial charge >= 0.3 is 0 Å². The molecule has 4 fully saturated rings. The Morgan fingerprint density at radius 1 is 0.616 bits per heavy atom. The van der Waals surface area contributed by atoms with E-state index < -0.39 is 25.7 Å². The molecule has 0 spiro atoms. The average Bonchev–Trinajstić information content (AvgIpc) is 4.21. The molecular formula is C54H58N8O9S2. The van der Waals surface area contributed by atoms with Crippen LogP contribution in [-0.4, -0.2) is 89.5 Å². The molecule has 380 valence electrons. The molecule has 11 rings (SSSR count). The Balaban J connectivity index is 0.000000168. The molecule has 3 amide bonds. The lowest BCUT2D eigenvalue weighted by Crippen LogP contribution is -2.42. The number of carbonyl (C=O) groups is 3. The van der Waals surface area contributed by atoms with Crippen molar-refractivity contribution in [3.8, 4) is 22.3 Å². The molecule has 2 unspecified atom stereocenters. The number of para-hydroxylation sites is 2. The Labute approximate surface area is 424 Å². The van der Waals surface area contributed by atoms with Crippen LogP contribution in [0.5, 0.6) is 0 Å². The van der Waals surface area contributed by atoms with Crippen LogP contribution in [0.4, 0.5) is 22.7 Å². The van der Waals surface area contributed by atoms with Crippen LogP contribution in [0.1, 0.15) is 92.2 Å². The number of benzene rings is 4. The standard InChI is InChI=1S/C27H30N4O5S.C27H28N4O4S/c1-17-26(18(2)36-30-17)19-8-9-22(28-20-12-14-37(34,35)15-13-20)23(16-19)29-27(33)24-10-11-25(32)31(24)21-6-4-3-5-7-21;1-17-26(18(2)35-29-17)19-8-9-23-22(16-19)28-27(31(23)21-12-14-36(33,34)15-13-21)24-10-11-25(32)30(24)20-6-4-3-5-7-20/h3-9,16,20,24,28H,10-15H2,1-2H3,(H,29,33);3-9,16,21,24H,10-15H2,1-2H3. The number of hydrogen-bond donors (Lipinski definition) is 2. The van der Waals surface area contributed by atoms with E-state index in [1.54, 1.807) is 4.90 Å². The molecule has 17 nitrogen and oxygen atoms in total. The quantitative estimate of drug-likeness (QED) is 0.131. The largest absolute Gasteiger partial charge is 0.381 e. The zero-order valence-electron chi connectivity index (χ0n) is 41.2. The molecule has 4 saturated heterocycles. The topological polar surface area (TPSA) is 220 Å². The van der Waals surface area contributed by atoms with Crippen LogP contribution in [-0.2, 0) is 34.1 Å². The third-order valence-corrected chi connectivity index (χ3v) is 18.0. The summed E-state index contributed by atoms with van der Waals surface area (Å²) in [6.45, 7) is 7.52. The van der Waals surface area contributed by atoms with Crippen molar-refractivity contribution in [3.63, 3.8) is 0 Å². The lowest BCUT2D eigenvalue weighted by molar-refractivity contribution is -0.120. The fraction of sp³-hybridized carbons (Fsp3) is 0.370. The molecule has 7 heterocycles. The summed E-state index contributed by atoms with van der Waals surface area (Å²) < 4.78 is 61.1. The van der Waals surface area contributed by atoms with Crippen molar-refractivity contribution in [1.82, 2.24) is 19.9 Å². The summed E-state index contributed by atoms with van der Waals surface area (Å²) in [7, 11) is -6.01. The smallest absolute Gasteiger partial charge is 0.247 e. The van der Waals surface area contributed by atoms with Gasteiger partial charge in [0.05, 0.1) is 62.8 Å². The Hall–Kier alpha value is -7.12. The molecule has 0 aliphatic carbocycles. The van der Waals surface area contributed by atoms with Crippen LogP contribution >= 0.6 is 0 Å².